The molecule has 2 aromatic rings. The Labute approximate surface area is 223 Å². The molecule has 0 saturated heterocycles. The monoisotopic (exact) mass is 526 g/mol. The molecule has 1 unspecified atom stereocenters. The van der Waals surface area contributed by atoms with Crippen LogP contribution in [0, 0.1) is 11.6 Å². The minimum Gasteiger partial charge on any atom is -0.493 e. The Morgan fingerprint density at radius 2 is 1.87 bits per heavy atom. The maximum absolute atomic E-state index is 14.4. The van der Waals surface area contributed by atoms with Crippen LogP contribution in [-0.2, 0) is 4.79 Å². The molecule has 3 aliphatic heterocycles. The number of hydrogen-bond donors (Lipinski definition) is 3. The van der Waals surface area contributed by atoms with E-state index in [9.17, 15) is 13.6 Å². The number of dihydropyridines is 2. The molecule has 0 fully saturated rings. The summed E-state index contributed by atoms with van der Waals surface area (Å²) in [7, 11) is 3.71. The van der Waals surface area contributed by atoms with E-state index in [4.69, 9.17) is 9.47 Å². The molecule has 0 saturated carbocycles. The Morgan fingerprint density at radius 1 is 1.16 bits per heavy atom. The van der Waals surface area contributed by atoms with Crippen molar-refractivity contribution < 1.29 is 24.5 Å². The topological polar surface area (TPSA) is 74.9 Å². The zero-order valence-electron chi connectivity index (χ0n) is 22.3. The molecule has 7 nitrogen and oxygen atoms in total. The second-order valence-electron chi connectivity index (χ2n) is 9.23. The summed E-state index contributed by atoms with van der Waals surface area (Å²) in [6, 6.07) is 11.1. The number of nitrogens with one attached hydrogen (secondary N) is 3. The van der Waals surface area contributed by atoms with E-state index in [1.807, 2.05) is 63.2 Å². The lowest BCUT2D eigenvalue weighted by Gasteiger charge is -2.41. The number of rotatable bonds is 5. The normalized spacial score (nSPS) is 21.5. The Bertz CT molecular complexity index is 1290. The second kappa shape index (κ2) is 11.2. The molecule has 3 aliphatic rings. The fourth-order valence-corrected chi connectivity index (χ4v) is 4.88. The fraction of sp³-hybridized carbons (Fsp3) is 0.345. The van der Waals surface area contributed by atoms with Gasteiger partial charge in [0.05, 0.1) is 29.6 Å². The number of fused-ring (bicyclic) bond motifs is 1. The van der Waals surface area contributed by atoms with Gasteiger partial charge in [0.25, 0.3) is 5.91 Å². The molecule has 38 heavy (non-hydrogen) atoms. The predicted molar refractivity (Wildman–Crippen MR) is 144 cm³/mol. The Balaban J connectivity index is 0.00000137. The average Bonchev–Trinajstić information content (AvgIpc) is 2.91. The van der Waals surface area contributed by atoms with E-state index in [-0.39, 0.29) is 19.9 Å². The number of halogens is 2. The fourth-order valence-electron chi connectivity index (χ4n) is 4.88. The zero-order valence-corrected chi connectivity index (χ0v) is 22.3. The van der Waals surface area contributed by atoms with Crippen LogP contribution in [0.3, 0.4) is 0 Å². The maximum Gasteiger partial charge on any atom is 0.251 e. The highest BCUT2D eigenvalue weighted by molar-refractivity contribution is 5.96. The van der Waals surface area contributed by atoms with Crippen molar-refractivity contribution in [2.45, 2.75) is 39.0 Å². The molecule has 0 bridgehead atoms. The minimum absolute atomic E-state index is 0. The third kappa shape index (κ3) is 5.05. The summed E-state index contributed by atoms with van der Waals surface area (Å²) in [4.78, 5) is 15.4. The first-order valence-electron chi connectivity index (χ1n) is 12.8. The molecule has 0 aliphatic carbocycles. The number of para-hydroxylation sites is 2. The van der Waals surface area contributed by atoms with Crippen LogP contribution in [0.4, 0.5) is 8.78 Å². The molecule has 0 spiro atoms. The number of carbonyl (C=O) groups excluding carboxylic acids is 1. The Kier molecular flexibility index (Phi) is 7.94. The third-order valence-corrected chi connectivity index (χ3v) is 6.55. The molecule has 5 rings (SSSR count). The van der Waals surface area contributed by atoms with E-state index < -0.39 is 23.1 Å². The quantitative estimate of drug-likeness (QED) is 0.522. The minimum atomic E-state index is -1.30. The van der Waals surface area contributed by atoms with E-state index in [0.717, 1.165) is 23.4 Å². The number of carbonyl (C=O) groups is 1. The van der Waals surface area contributed by atoms with E-state index in [0.29, 0.717) is 35.6 Å². The lowest BCUT2D eigenvalue weighted by molar-refractivity contribution is -0.118. The molecule has 2 atom stereocenters. The molecule has 0 aromatic heterocycles. The number of nitrogens with zero attached hydrogens (tertiary/aromatic N) is 1. The van der Waals surface area contributed by atoms with Gasteiger partial charge in [-0.25, -0.2) is 8.78 Å². The molecule has 3 heterocycles. The van der Waals surface area contributed by atoms with Crippen molar-refractivity contribution in [2.75, 3.05) is 27.2 Å². The average molecular weight is 527 g/mol. The number of likely N-dealkylation sites (N-methyl/N-ethyl adjacent to an activating group) is 1. The highest BCUT2D eigenvalue weighted by atomic mass is 19.1. The van der Waals surface area contributed by atoms with Crippen LogP contribution in [0.5, 0.6) is 11.5 Å². The van der Waals surface area contributed by atoms with Crippen molar-refractivity contribution >= 4 is 5.91 Å². The molecule has 1 amide bonds. The summed E-state index contributed by atoms with van der Waals surface area (Å²) in [6.45, 7) is 6.41. The van der Waals surface area contributed by atoms with Crippen molar-refractivity contribution in [3.05, 3.63) is 94.5 Å². The smallest absolute Gasteiger partial charge is 0.251 e. The van der Waals surface area contributed by atoms with Crippen LogP contribution in [-0.4, -0.2) is 43.8 Å². The van der Waals surface area contributed by atoms with Gasteiger partial charge in [0, 0.05) is 52.7 Å². The molecular weight excluding hydrogens is 490 g/mol. The lowest BCUT2D eigenvalue weighted by Crippen LogP contribution is -2.55. The van der Waals surface area contributed by atoms with Crippen molar-refractivity contribution in [1.82, 2.24) is 20.9 Å². The van der Waals surface area contributed by atoms with Gasteiger partial charge in [-0.2, -0.15) is 0 Å². The van der Waals surface area contributed by atoms with E-state index in [1.54, 1.807) is 13.1 Å². The lowest BCUT2D eigenvalue weighted by atomic mass is 9.91. The van der Waals surface area contributed by atoms with E-state index in [2.05, 4.69) is 16.0 Å². The zero-order chi connectivity index (χ0) is 27.4. The largest absolute Gasteiger partial charge is 0.493 e. The highest BCUT2D eigenvalue weighted by Crippen LogP contribution is 2.37. The molecule has 204 valence electrons. The van der Waals surface area contributed by atoms with Crippen molar-refractivity contribution in [1.29, 1.82) is 0 Å². The third-order valence-electron chi connectivity index (χ3n) is 6.55. The molecule has 2 aromatic carbocycles. The Hall–Kier alpha value is -4.01. The van der Waals surface area contributed by atoms with Crippen LogP contribution in [0.2, 0.25) is 0 Å². The number of allylic oxidation sites excluding steroid dienone is 1. The summed E-state index contributed by atoms with van der Waals surface area (Å²) in [5, 5.41) is 9.50. The van der Waals surface area contributed by atoms with E-state index in [1.165, 1.54) is 6.07 Å². The number of amides is 1. The summed E-state index contributed by atoms with van der Waals surface area (Å²) >= 11 is 0. The molecule has 0 radical (unpaired) electrons. The van der Waals surface area contributed by atoms with Gasteiger partial charge in [0.15, 0.2) is 17.4 Å². The Morgan fingerprint density at radius 3 is 2.58 bits per heavy atom. The molecular formula is C29H36F2N4O3. The number of benzene rings is 2. The van der Waals surface area contributed by atoms with Gasteiger partial charge in [-0.05, 0) is 24.3 Å². The first kappa shape index (κ1) is 27.0. The predicted octanol–water partition coefficient (Wildman–Crippen LogP) is 4.76. The SMILES string of the molecule is CC.CN(C)C1=C(C(=O)N[C@H]2CCOc3ccccc32)CNC2=C1C=CNC2(C)Oc1c(F)cccc1F.[HH]. The number of ether oxygens (including phenoxy) is 2. The van der Waals surface area contributed by atoms with Crippen LogP contribution in [0.25, 0.3) is 0 Å². The highest BCUT2D eigenvalue weighted by Gasteiger charge is 2.41. The van der Waals surface area contributed by atoms with Crippen molar-refractivity contribution in [3.63, 3.8) is 0 Å². The van der Waals surface area contributed by atoms with Crippen molar-refractivity contribution in [3.8, 4) is 11.5 Å². The standard InChI is InChI=1S/C27H28F2N4O3.C2H6.H2/c1-27(36-24-19(28)8-6-9-20(24)29)25-17(11-13-31-27)23(33(2)3)18(15-30-25)26(34)32-21-12-14-35-22-10-5-4-7-16(21)22;1-2;/h4-11,13,21,30-31H,12,14-15H2,1-3H3,(H,32,34);1-2H3;1H/t21-,27?;;/m0../s1. The molecule has 3 N–H and O–H groups in total. The van der Waals surface area contributed by atoms with Crippen LogP contribution >= 0.6 is 0 Å². The summed E-state index contributed by atoms with van der Waals surface area (Å²) in [5.41, 5.74) is 2.17. The van der Waals surface area contributed by atoms with E-state index >= 15 is 0 Å². The van der Waals surface area contributed by atoms with Gasteiger partial charge in [-0.3, -0.25) is 4.79 Å². The van der Waals surface area contributed by atoms with Gasteiger partial charge in [0.2, 0.25) is 5.72 Å². The van der Waals surface area contributed by atoms with Crippen LogP contribution in [0.1, 0.15) is 40.2 Å². The van der Waals surface area contributed by atoms with Crippen LogP contribution < -0.4 is 25.4 Å². The summed E-state index contributed by atoms with van der Waals surface area (Å²) in [6.07, 6.45) is 4.13. The van der Waals surface area contributed by atoms with Gasteiger partial charge < -0.3 is 30.3 Å². The van der Waals surface area contributed by atoms with Gasteiger partial charge in [0.1, 0.15) is 5.75 Å². The summed E-state index contributed by atoms with van der Waals surface area (Å²) < 4.78 is 40.3. The van der Waals surface area contributed by atoms with Crippen molar-refractivity contribution in [2.24, 2.45) is 0 Å². The van der Waals surface area contributed by atoms with Crippen LogP contribution in [0.15, 0.2) is 77.3 Å². The van der Waals surface area contributed by atoms with Gasteiger partial charge in [-0.1, -0.05) is 38.1 Å². The summed E-state index contributed by atoms with van der Waals surface area (Å²) in [5.74, 6) is -1.50. The second-order valence-corrected chi connectivity index (χ2v) is 9.23. The van der Waals surface area contributed by atoms with Gasteiger partial charge >= 0.3 is 0 Å². The first-order chi connectivity index (χ1) is 18.3. The molecule has 9 heteroatoms. The van der Waals surface area contributed by atoms with Gasteiger partial charge in [-0.15, -0.1) is 0 Å². The maximum atomic E-state index is 14.4. The first-order valence-corrected chi connectivity index (χ1v) is 12.8. The number of hydrogen-bond acceptors (Lipinski definition) is 6.